The molecular weight excluding hydrogens is 558 g/mol. The number of likely N-dealkylation sites (tertiary alicyclic amines) is 1. The maximum atomic E-state index is 16.1. The van der Waals surface area contributed by atoms with E-state index in [0.717, 1.165) is 0 Å². The van der Waals surface area contributed by atoms with Gasteiger partial charge in [-0.15, -0.1) is 16.9 Å². The first kappa shape index (κ1) is 28.1. The Balaban J connectivity index is 1.61. The first-order valence-electron chi connectivity index (χ1n) is 12.8. The second-order valence-electron chi connectivity index (χ2n) is 10.7. The van der Waals surface area contributed by atoms with Gasteiger partial charge in [0.25, 0.3) is 0 Å². The zero-order valence-electron chi connectivity index (χ0n) is 22.4. The maximum Gasteiger partial charge on any atom is 0.410 e. The van der Waals surface area contributed by atoms with Crippen LogP contribution in [-0.4, -0.2) is 55.4 Å². The molecule has 3 heterocycles. The Kier molecular flexibility index (Phi) is 7.59. The second kappa shape index (κ2) is 10.8. The summed E-state index contributed by atoms with van der Waals surface area (Å²) in [4.78, 5) is 19.0. The summed E-state index contributed by atoms with van der Waals surface area (Å²) in [6.07, 6.45) is 2.46. The van der Waals surface area contributed by atoms with Gasteiger partial charge in [0.2, 0.25) is 0 Å². The largest absolute Gasteiger partial charge is 0.444 e. The van der Waals surface area contributed by atoms with Crippen molar-refractivity contribution in [3.63, 3.8) is 0 Å². The van der Waals surface area contributed by atoms with E-state index in [9.17, 15) is 14.4 Å². The summed E-state index contributed by atoms with van der Waals surface area (Å²) < 4.78 is 36.9. The van der Waals surface area contributed by atoms with Gasteiger partial charge in [-0.2, -0.15) is 5.26 Å². The first-order valence-corrected chi connectivity index (χ1v) is 14.4. The number of carbonyl (C=O) groups excluding carboxylic acids is 1. The number of piperidine rings is 1. The minimum absolute atomic E-state index is 0.101. The lowest BCUT2D eigenvalue weighted by Crippen LogP contribution is -2.48. The molecule has 0 aliphatic carbocycles. The molecule has 0 spiro atoms. The van der Waals surface area contributed by atoms with Gasteiger partial charge in [-0.3, -0.25) is 0 Å². The van der Waals surface area contributed by atoms with Gasteiger partial charge < -0.3 is 9.64 Å². The molecule has 1 fully saturated rings. The van der Waals surface area contributed by atoms with Crippen molar-refractivity contribution >= 4 is 51.4 Å². The molecule has 4 aromatic rings. The number of fused-ring (bicyclic) bond motifs is 3. The van der Waals surface area contributed by atoms with Crippen LogP contribution in [0.5, 0.6) is 0 Å². The van der Waals surface area contributed by atoms with Crippen molar-refractivity contribution in [1.82, 2.24) is 24.9 Å². The molecule has 0 N–H and O–H groups in total. The Labute approximate surface area is 239 Å². The van der Waals surface area contributed by atoms with Gasteiger partial charge in [-0.1, -0.05) is 28.9 Å². The number of ether oxygens (including phenoxy) is 1. The maximum absolute atomic E-state index is 16.1. The van der Waals surface area contributed by atoms with Crippen LogP contribution in [0, 0.1) is 23.0 Å². The number of nitriles is 1. The molecule has 2 aromatic heterocycles. The molecule has 8 nitrogen and oxygen atoms in total. The molecule has 0 unspecified atom stereocenters. The number of benzene rings is 2. The third kappa shape index (κ3) is 5.18. The summed E-state index contributed by atoms with van der Waals surface area (Å²) in [7, 11) is 0. The standard InChI is InChI=1S/C28H27ClF2N6O2S/c1-28(2,3)39-27(38)36-12-10-18(13-17(36)9-11-32)37-25-19-14-20(29)21(15-5-7-16(30)8-6-15)22(31)23(19)33-26(40-4)24(25)34-35-37/h5-8,14,17-18H,9-10,12-13H2,1-4H3/t17-,18+/m1/s1. The van der Waals surface area contributed by atoms with Gasteiger partial charge in [0, 0.05) is 17.5 Å². The van der Waals surface area contributed by atoms with E-state index in [-0.39, 0.29) is 28.6 Å². The highest BCUT2D eigenvalue weighted by Crippen LogP contribution is 2.41. The van der Waals surface area contributed by atoms with Crippen LogP contribution < -0.4 is 0 Å². The number of nitrogens with zero attached hydrogens (tertiary/aromatic N) is 6. The molecule has 2 aromatic carbocycles. The molecule has 1 amide bonds. The number of rotatable bonds is 4. The van der Waals surface area contributed by atoms with Crippen LogP contribution in [0.2, 0.25) is 5.02 Å². The third-order valence-electron chi connectivity index (χ3n) is 6.87. The number of hydrogen-bond acceptors (Lipinski definition) is 7. The lowest BCUT2D eigenvalue weighted by molar-refractivity contribution is 0.00557. The van der Waals surface area contributed by atoms with Gasteiger partial charge >= 0.3 is 6.09 Å². The van der Waals surface area contributed by atoms with E-state index >= 15 is 4.39 Å². The fourth-order valence-corrected chi connectivity index (χ4v) is 5.95. The van der Waals surface area contributed by atoms with Crippen LogP contribution in [0.1, 0.15) is 46.1 Å². The fraction of sp³-hybridized carbons (Fsp3) is 0.393. The van der Waals surface area contributed by atoms with Crippen molar-refractivity contribution < 1.29 is 18.3 Å². The van der Waals surface area contributed by atoms with Crippen LogP contribution in [0.15, 0.2) is 35.4 Å². The number of aromatic nitrogens is 4. The fourth-order valence-electron chi connectivity index (χ4n) is 5.13. The molecular formula is C28H27ClF2N6O2S. The smallest absolute Gasteiger partial charge is 0.410 e. The van der Waals surface area contributed by atoms with E-state index in [2.05, 4.69) is 21.4 Å². The highest BCUT2D eigenvalue weighted by Gasteiger charge is 2.36. The summed E-state index contributed by atoms with van der Waals surface area (Å²) in [5.41, 5.74) is 1.09. The van der Waals surface area contributed by atoms with Crippen molar-refractivity contribution in [2.24, 2.45) is 0 Å². The Morgan fingerprint density at radius 1 is 1.25 bits per heavy atom. The van der Waals surface area contributed by atoms with Crippen molar-refractivity contribution in [3.8, 4) is 17.2 Å². The predicted molar refractivity (Wildman–Crippen MR) is 150 cm³/mol. The number of halogens is 3. The molecule has 1 aliphatic rings. The van der Waals surface area contributed by atoms with Gasteiger partial charge in [0.05, 0.1) is 29.6 Å². The molecule has 208 valence electrons. The van der Waals surface area contributed by atoms with Crippen molar-refractivity contribution in [1.29, 1.82) is 5.26 Å². The highest BCUT2D eigenvalue weighted by molar-refractivity contribution is 7.98. The molecule has 1 saturated heterocycles. The van der Waals surface area contributed by atoms with Gasteiger partial charge in [0.1, 0.15) is 33.0 Å². The Bertz CT molecular complexity index is 1650. The van der Waals surface area contributed by atoms with Crippen molar-refractivity contribution in [2.45, 2.75) is 62.7 Å². The number of hydrogen-bond donors (Lipinski definition) is 0. The lowest BCUT2D eigenvalue weighted by Gasteiger charge is -2.39. The van der Waals surface area contributed by atoms with Crippen LogP contribution in [0.4, 0.5) is 13.6 Å². The number of pyridine rings is 1. The highest BCUT2D eigenvalue weighted by atomic mass is 35.5. The second-order valence-corrected chi connectivity index (χ2v) is 11.9. The molecule has 2 atom stereocenters. The molecule has 0 saturated carbocycles. The summed E-state index contributed by atoms with van der Waals surface area (Å²) in [5, 5.41) is 19.4. The van der Waals surface area contributed by atoms with E-state index in [1.807, 2.05) is 6.26 Å². The Morgan fingerprint density at radius 3 is 2.62 bits per heavy atom. The Morgan fingerprint density at radius 2 is 1.98 bits per heavy atom. The van der Waals surface area contributed by atoms with Crippen LogP contribution in [-0.2, 0) is 4.74 Å². The van der Waals surface area contributed by atoms with E-state index in [0.29, 0.717) is 46.4 Å². The molecule has 40 heavy (non-hydrogen) atoms. The van der Waals surface area contributed by atoms with Crippen molar-refractivity contribution in [2.75, 3.05) is 12.8 Å². The molecule has 0 bridgehead atoms. The van der Waals surface area contributed by atoms with Gasteiger partial charge in [-0.05, 0) is 63.6 Å². The van der Waals surface area contributed by atoms with E-state index in [1.165, 1.54) is 36.0 Å². The number of amides is 1. The third-order valence-corrected chi connectivity index (χ3v) is 7.84. The lowest BCUT2D eigenvalue weighted by atomic mass is 9.95. The molecule has 0 radical (unpaired) electrons. The van der Waals surface area contributed by atoms with Gasteiger partial charge in [-0.25, -0.2) is 23.2 Å². The van der Waals surface area contributed by atoms with E-state index in [1.54, 1.807) is 36.4 Å². The summed E-state index contributed by atoms with van der Waals surface area (Å²) >= 11 is 7.94. The number of thioether (sulfide) groups is 1. The van der Waals surface area contributed by atoms with Gasteiger partial charge in [0.15, 0.2) is 5.82 Å². The zero-order chi connectivity index (χ0) is 28.8. The first-order chi connectivity index (χ1) is 19.0. The quantitative estimate of drug-likeness (QED) is 0.235. The summed E-state index contributed by atoms with van der Waals surface area (Å²) in [6.45, 7) is 5.75. The monoisotopic (exact) mass is 584 g/mol. The molecule has 5 rings (SSSR count). The average molecular weight is 585 g/mol. The van der Waals surface area contributed by atoms with Crippen LogP contribution >= 0.6 is 23.4 Å². The Hall–Kier alpha value is -3.49. The van der Waals surface area contributed by atoms with Crippen LogP contribution in [0.3, 0.4) is 0 Å². The summed E-state index contributed by atoms with van der Waals surface area (Å²) in [6, 6.07) is 8.65. The van der Waals surface area contributed by atoms with Crippen molar-refractivity contribution in [3.05, 3.63) is 47.0 Å². The normalized spacial score (nSPS) is 17.8. The topological polar surface area (TPSA) is 96.9 Å². The van der Waals surface area contributed by atoms with E-state index in [4.69, 9.17) is 16.3 Å². The molecule has 12 heteroatoms. The average Bonchev–Trinajstić information content (AvgIpc) is 3.34. The summed E-state index contributed by atoms with van der Waals surface area (Å²) in [5.74, 6) is -1.06. The number of carbonyl (C=O) groups is 1. The minimum atomic E-state index is -0.663. The van der Waals surface area contributed by atoms with E-state index < -0.39 is 29.4 Å². The SMILES string of the molecule is CSc1nc2c(F)c(-c3ccc(F)cc3)c(Cl)cc2c2c1nnn2[C@H]1CCN(C(=O)OC(C)(C)C)[C@H](CC#N)C1. The zero-order valence-corrected chi connectivity index (χ0v) is 24.0. The predicted octanol–water partition coefficient (Wildman–Crippen LogP) is 7.15. The minimum Gasteiger partial charge on any atom is -0.444 e. The van der Waals surface area contributed by atoms with Crippen LogP contribution in [0.25, 0.3) is 33.1 Å². The molecule has 1 aliphatic heterocycles.